The van der Waals surface area contributed by atoms with Crippen LogP contribution in [0.4, 0.5) is 4.39 Å². The van der Waals surface area contributed by atoms with Crippen LogP contribution in [-0.2, 0) is 10.3 Å². The third kappa shape index (κ3) is 2.00. The van der Waals surface area contributed by atoms with Gasteiger partial charge in [-0.05, 0) is 25.3 Å². The molecule has 4 nitrogen and oxygen atoms in total. The smallest absolute Gasteiger partial charge is 0.235 e. The number of isocyanates is 1. The van der Waals surface area contributed by atoms with Crippen molar-refractivity contribution in [2.45, 2.75) is 31.2 Å². The molecule has 1 heterocycles. The molecule has 5 heteroatoms. The second-order valence-electron chi connectivity index (χ2n) is 4.92. The standard InChI is InChI=1S/C14H14FNO3/c15-11-8-13-12(18-5-2-6-19-13)7-10(11)14(16-9-17)3-1-4-14/h7-8H,1-6H2. The van der Waals surface area contributed by atoms with Gasteiger partial charge in [0.05, 0.1) is 13.2 Å². The van der Waals surface area contributed by atoms with Gasteiger partial charge < -0.3 is 9.47 Å². The number of fused-ring (bicyclic) bond motifs is 1. The van der Waals surface area contributed by atoms with E-state index in [9.17, 15) is 9.18 Å². The molecule has 0 radical (unpaired) electrons. The largest absolute Gasteiger partial charge is 0.490 e. The lowest BCUT2D eigenvalue weighted by molar-refractivity contribution is 0.245. The van der Waals surface area contributed by atoms with Crippen LogP contribution in [0.3, 0.4) is 0 Å². The molecule has 2 aliphatic rings. The van der Waals surface area contributed by atoms with Crippen molar-refractivity contribution in [1.82, 2.24) is 0 Å². The Hall–Kier alpha value is -1.87. The highest BCUT2D eigenvalue weighted by atomic mass is 19.1. The minimum absolute atomic E-state index is 0.400. The highest BCUT2D eigenvalue weighted by molar-refractivity contribution is 5.48. The third-order valence-corrected chi connectivity index (χ3v) is 3.78. The second-order valence-corrected chi connectivity index (χ2v) is 4.92. The number of carbonyl (C=O) groups excluding carboxylic acids is 1. The van der Waals surface area contributed by atoms with E-state index in [1.165, 1.54) is 6.07 Å². The van der Waals surface area contributed by atoms with E-state index in [-0.39, 0.29) is 0 Å². The first-order chi connectivity index (χ1) is 9.25. The Morgan fingerprint density at radius 1 is 1.16 bits per heavy atom. The summed E-state index contributed by atoms with van der Waals surface area (Å²) in [6.07, 6.45) is 4.59. The topological polar surface area (TPSA) is 47.9 Å². The average molecular weight is 263 g/mol. The fourth-order valence-corrected chi connectivity index (χ4v) is 2.58. The predicted octanol–water partition coefficient (Wildman–Crippen LogP) is 2.70. The quantitative estimate of drug-likeness (QED) is 0.609. The molecule has 0 amide bonds. The van der Waals surface area contributed by atoms with E-state index in [1.54, 1.807) is 12.1 Å². The number of hydrogen-bond donors (Lipinski definition) is 0. The van der Waals surface area contributed by atoms with Gasteiger partial charge in [-0.3, -0.25) is 0 Å². The first kappa shape index (κ1) is 12.2. The van der Waals surface area contributed by atoms with Crippen LogP contribution < -0.4 is 9.47 Å². The molecule has 0 N–H and O–H groups in total. The molecule has 3 rings (SSSR count). The fourth-order valence-electron chi connectivity index (χ4n) is 2.58. The van der Waals surface area contributed by atoms with Crippen LogP contribution in [-0.4, -0.2) is 19.3 Å². The Morgan fingerprint density at radius 3 is 2.42 bits per heavy atom. The molecule has 0 bridgehead atoms. The fraction of sp³-hybridized carbons (Fsp3) is 0.500. The van der Waals surface area contributed by atoms with Crippen molar-refractivity contribution in [3.05, 3.63) is 23.5 Å². The predicted molar refractivity (Wildman–Crippen MR) is 65.7 cm³/mol. The first-order valence-electron chi connectivity index (χ1n) is 6.44. The maximum Gasteiger partial charge on any atom is 0.235 e. The average Bonchev–Trinajstić information content (AvgIpc) is 2.58. The van der Waals surface area contributed by atoms with Crippen molar-refractivity contribution >= 4 is 6.08 Å². The Morgan fingerprint density at radius 2 is 1.84 bits per heavy atom. The zero-order valence-corrected chi connectivity index (χ0v) is 10.4. The van der Waals surface area contributed by atoms with Crippen LogP contribution in [0, 0.1) is 5.82 Å². The first-order valence-corrected chi connectivity index (χ1v) is 6.44. The number of hydrogen-bond acceptors (Lipinski definition) is 4. The summed E-state index contributed by atoms with van der Waals surface area (Å²) in [5, 5.41) is 0. The third-order valence-electron chi connectivity index (χ3n) is 3.78. The number of ether oxygens (including phenoxy) is 2. The maximum atomic E-state index is 14.2. The molecule has 19 heavy (non-hydrogen) atoms. The molecule has 0 aromatic heterocycles. The second kappa shape index (κ2) is 4.67. The van der Waals surface area contributed by atoms with Gasteiger partial charge in [-0.1, -0.05) is 0 Å². The van der Waals surface area contributed by atoms with Crippen LogP contribution in [0.15, 0.2) is 17.1 Å². The Kier molecular flexibility index (Phi) is 2.99. The summed E-state index contributed by atoms with van der Waals surface area (Å²) in [6, 6.07) is 2.95. The molecule has 100 valence electrons. The summed E-state index contributed by atoms with van der Waals surface area (Å²) in [7, 11) is 0. The van der Waals surface area contributed by atoms with E-state index >= 15 is 0 Å². The lowest BCUT2D eigenvalue weighted by Crippen LogP contribution is -2.33. The van der Waals surface area contributed by atoms with Gasteiger partial charge in [0, 0.05) is 18.1 Å². The Balaban J connectivity index is 2.07. The Bertz CT molecular complexity index is 548. The highest BCUT2D eigenvalue weighted by Crippen LogP contribution is 2.48. The summed E-state index contributed by atoms with van der Waals surface area (Å²) in [5.41, 5.74) is -0.345. The maximum absolute atomic E-state index is 14.2. The molecule has 1 fully saturated rings. The molecule has 1 aliphatic heterocycles. The molecule has 1 aliphatic carbocycles. The van der Waals surface area contributed by atoms with Gasteiger partial charge in [0.25, 0.3) is 0 Å². The van der Waals surface area contributed by atoms with E-state index < -0.39 is 11.4 Å². The lowest BCUT2D eigenvalue weighted by Gasteiger charge is -2.37. The molecule has 0 spiro atoms. The Labute approximate surface area is 110 Å². The van der Waals surface area contributed by atoms with Gasteiger partial charge in [0.1, 0.15) is 11.4 Å². The molecule has 0 atom stereocenters. The monoisotopic (exact) mass is 263 g/mol. The highest BCUT2D eigenvalue weighted by Gasteiger charge is 2.41. The molecule has 0 saturated heterocycles. The minimum Gasteiger partial charge on any atom is -0.490 e. The van der Waals surface area contributed by atoms with Gasteiger partial charge in [0.15, 0.2) is 11.5 Å². The van der Waals surface area contributed by atoms with E-state index in [0.717, 1.165) is 12.8 Å². The van der Waals surface area contributed by atoms with Gasteiger partial charge in [0.2, 0.25) is 6.08 Å². The SMILES string of the molecule is O=C=NC1(c2cc3c(cc2F)OCCCO3)CCC1. The van der Waals surface area contributed by atoms with Crippen molar-refractivity contribution in [1.29, 1.82) is 0 Å². The summed E-state index contributed by atoms with van der Waals surface area (Å²) in [5.74, 6) is 0.549. The van der Waals surface area contributed by atoms with Gasteiger partial charge in [-0.2, -0.15) is 4.99 Å². The zero-order valence-electron chi connectivity index (χ0n) is 10.4. The van der Waals surface area contributed by atoms with Gasteiger partial charge in [-0.25, -0.2) is 9.18 Å². The van der Waals surface area contributed by atoms with Crippen LogP contribution in [0.2, 0.25) is 0 Å². The van der Waals surface area contributed by atoms with Crippen LogP contribution in [0.5, 0.6) is 11.5 Å². The molecule has 1 aromatic carbocycles. The summed E-state index contributed by atoms with van der Waals surface area (Å²) >= 11 is 0. The van der Waals surface area contributed by atoms with Crippen molar-refractivity contribution in [3.63, 3.8) is 0 Å². The van der Waals surface area contributed by atoms with Gasteiger partial charge in [-0.15, -0.1) is 0 Å². The molecular weight excluding hydrogens is 249 g/mol. The number of benzene rings is 1. The summed E-state index contributed by atoms with van der Waals surface area (Å²) in [6.45, 7) is 1.06. The van der Waals surface area contributed by atoms with E-state index in [2.05, 4.69) is 4.99 Å². The molecule has 1 saturated carbocycles. The van der Waals surface area contributed by atoms with E-state index in [4.69, 9.17) is 9.47 Å². The van der Waals surface area contributed by atoms with Crippen LogP contribution in [0.1, 0.15) is 31.2 Å². The normalized spacial score (nSPS) is 19.8. The van der Waals surface area contributed by atoms with Crippen LogP contribution in [0.25, 0.3) is 0 Å². The number of nitrogens with zero attached hydrogens (tertiary/aromatic N) is 1. The van der Waals surface area contributed by atoms with E-state index in [1.807, 2.05) is 0 Å². The van der Waals surface area contributed by atoms with Gasteiger partial charge >= 0.3 is 0 Å². The van der Waals surface area contributed by atoms with Crippen molar-refractivity contribution in [2.75, 3.05) is 13.2 Å². The minimum atomic E-state index is -0.753. The summed E-state index contributed by atoms with van der Waals surface area (Å²) in [4.78, 5) is 14.4. The number of aliphatic imine (C=N–C) groups is 1. The van der Waals surface area contributed by atoms with Crippen molar-refractivity contribution in [2.24, 2.45) is 4.99 Å². The number of halogens is 1. The zero-order chi connectivity index (χ0) is 13.3. The number of rotatable bonds is 2. The summed E-state index contributed by atoms with van der Waals surface area (Å²) < 4.78 is 25.2. The van der Waals surface area contributed by atoms with Crippen molar-refractivity contribution in [3.8, 4) is 11.5 Å². The molecule has 1 aromatic rings. The van der Waals surface area contributed by atoms with Crippen LogP contribution >= 0.6 is 0 Å². The van der Waals surface area contributed by atoms with E-state index in [0.29, 0.717) is 43.1 Å². The lowest BCUT2D eigenvalue weighted by atomic mass is 9.72. The molecule has 0 unspecified atom stereocenters. The van der Waals surface area contributed by atoms with Crippen molar-refractivity contribution < 1.29 is 18.7 Å². The molecular formula is C14H14FNO3.